The van der Waals surface area contributed by atoms with E-state index in [1.165, 1.54) is 12.3 Å². The normalized spacial score (nSPS) is 12.7. The van der Waals surface area contributed by atoms with E-state index in [4.69, 9.17) is 23.2 Å². The van der Waals surface area contributed by atoms with Crippen LogP contribution in [0.25, 0.3) is 0 Å². The highest BCUT2D eigenvalue weighted by molar-refractivity contribution is 6.36. The van der Waals surface area contributed by atoms with E-state index in [0.717, 1.165) is 18.4 Å². The van der Waals surface area contributed by atoms with Crippen LogP contribution >= 0.6 is 23.2 Å². The van der Waals surface area contributed by atoms with Crippen LogP contribution in [0, 0.1) is 0 Å². The van der Waals surface area contributed by atoms with Gasteiger partial charge in [0.2, 0.25) is 0 Å². The first-order chi connectivity index (χ1) is 10.9. The predicted molar refractivity (Wildman–Crippen MR) is 96.8 cm³/mol. The van der Waals surface area contributed by atoms with Gasteiger partial charge < -0.3 is 10.2 Å². The second-order valence-corrected chi connectivity index (χ2v) is 6.37. The molecule has 0 heterocycles. The first-order valence-electron chi connectivity index (χ1n) is 7.47. The lowest BCUT2D eigenvalue weighted by Gasteiger charge is -2.11. The number of benzene rings is 2. The van der Waals surface area contributed by atoms with Gasteiger partial charge in [0, 0.05) is 16.8 Å². The number of hydrogen-bond donors (Lipinski definition) is 2. The lowest BCUT2D eigenvalue weighted by molar-refractivity contribution is 0.474. The first-order valence-corrected chi connectivity index (χ1v) is 8.23. The van der Waals surface area contributed by atoms with Crippen LogP contribution in [0.4, 0.5) is 5.69 Å². The highest BCUT2D eigenvalue weighted by Gasteiger charge is 2.09. The molecule has 1 atom stereocenters. The number of hydrogen-bond acceptors (Lipinski definition) is 3. The smallest absolute Gasteiger partial charge is 0.143 e. The zero-order valence-electron chi connectivity index (χ0n) is 13.1. The molecule has 3 nitrogen and oxygen atoms in total. The van der Waals surface area contributed by atoms with Crippen molar-refractivity contribution in [2.24, 2.45) is 4.99 Å². The molecule has 0 radical (unpaired) electrons. The standard InChI is InChI=1S/C18H19Cl2NO2/c1-3-4-11(2)12-5-6-17(22)16(8-12)21-10-13-7-14(19)9-15(20)18(13)23/h5-11,22-23H,3-4H2,1-2H3/t11-/m0/s1. The fourth-order valence-corrected chi connectivity index (χ4v) is 2.88. The Balaban J connectivity index is 2.34. The van der Waals surface area contributed by atoms with Crippen molar-refractivity contribution in [1.82, 2.24) is 0 Å². The molecule has 0 unspecified atom stereocenters. The van der Waals surface area contributed by atoms with Crippen LogP contribution < -0.4 is 0 Å². The van der Waals surface area contributed by atoms with Gasteiger partial charge in [0.1, 0.15) is 17.2 Å². The van der Waals surface area contributed by atoms with Crippen LogP contribution in [-0.4, -0.2) is 16.4 Å². The van der Waals surface area contributed by atoms with Crippen LogP contribution in [-0.2, 0) is 0 Å². The molecule has 0 amide bonds. The van der Waals surface area contributed by atoms with Crippen LogP contribution in [0.3, 0.4) is 0 Å². The fraction of sp³-hybridized carbons (Fsp3) is 0.278. The van der Waals surface area contributed by atoms with Gasteiger partial charge >= 0.3 is 0 Å². The SMILES string of the molecule is CCC[C@H](C)c1ccc(O)c(N=Cc2cc(Cl)cc(Cl)c2O)c1. The van der Waals surface area contributed by atoms with Crippen LogP contribution in [0.5, 0.6) is 11.5 Å². The molecule has 2 N–H and O–H groups in total. The third kappa shape index (κ3) is 4.40. The van der Waals surface area contributed by atoms with Crippen molar-refractivity contribution < 1.29 is 10.2 Å². The molecule has 23 heavy (non-hydrogen) atoms. The van der Waals surface area contributed by atoms with Gasteiger partial charge in [0.15, 0.2) is 0 Å². The molecule has 0 spiro atoms. The summed E-state index contributed by atoms with van der Waals surface area (Å²) in [5.74, 6) is 0.389. The first kappa shape index (κ1) is 17.6. The maximum Gasteiger partial charge on any atom is 0.143 e. The van der Waals surface area contributed by atoms with Gasteiger partial charge in [0.05, 0.1) is 5.02 Å². The number of rotatable bonds is 5. The van der Waals surface area contributed by atoms with Gasteiger partial charge in [-0.05, 0) is 42.2 Å². The van der Waals surface area contributed by atoms with Crippen LogP contribution in [0.1, 0.15) is 43.7 Å². The maximum atomic E-state index is 9.97. The molecule has 0 fully saturated rings. The molecule has 0 aliphatic heterocycles. The zero-order chi connectivity index (χ0) is 17.0. The molecule has 0 aromatic heterocycles. The number of nitrogens with zero attached hydrogens (tertiary/aromatic N) is 1. The number of aromatic hydroxyl groups is 2. The largest absolute Gasteiger partial charge is 0.506 e. The topological polar surface area (TPSA) is 52.8 Å². The second-order valence-electron chi connectivity index (χ2n) is 5.52. The Morgan fingerprint density at radius 1 is 1.17 bits per heavy atom. The van der Waals surface area contributed by atoms with E-state index in [1.807, 2.05) is 12.1 Å². The summed E-state index contributed by atoms with van der Waals surface area (Å²) in [5.41, 5.74) is 1.96. The summed E-state index contributed by atoms with van der Waals surface area (Å²) in [6.45, 7) is 4.29. The Morgan fingerprint density at radius 3 is 2.61 bits per heavy atom. The van der Waals surface area contributed by atoms with Gasteiger partial charge in [-0.3, -0.25) is 4.99 Å². The lowest BCUT2D eigenvalue weighted by Crippen LogP contribution is -1.92. The number of halogens is 2. The summed E-state index contributed by atoms with van der Waals surface area (Å²) in [4.78, 5) is 4.27. The van der Waals surface area contributed by atoms with E-state index >= 15 is 0 Å². The highest BCUT2D eigenvalue weighted by Crippen LogP contribution is 2.33. The summed E-state index contributed by atoms with van der Waals surface area (Å²) in [5, 5.41) is 20.5. The van der Waals surface area contributed by atoms with Crippen molar-refractivity contribution in [2.45, 2.75) is 32.6 Å². The average molecular weight is 352 g/mol. The van der Waals surface area contributed by atoms with Crippen molar-refractivity contribution in [1.29, 1.82) is 0 Å². The van der Waals surface area contributed by atoms with Crippen molar-refractivity contribution in [3.63, 3.8) is 0 Å². The Hall–Kier alpha value is -1.71. The average Bonchev–Trinajstić information content (AvgIpc) is 2.51. The molecule has 2 aromatic rings. The van der Waals surface area contributed by atoms with E-state index in [2.05, 4.69) is 18.8 Å². The summed E-state index contributed by atoms with van der Waals surface area (Å²) in [6.07, 6.45) is 3.60. The Kier molecular flexibility index (Phi) is 5.91. The molecule has 5 heteroatoms. The van der Waals surface area contributed by atoms with Gasteiger partial charge in [-0.2, -0.15) is 0 Å². The van der Waals surface area contributed by atoms with Crippen molar-refractivity contribution in [3.05, 3.63) is 51.5 Å². The molecule has 0 aliphatic carbocycles. The van der Waals surface area contributed by atoms with E-state index in [0.29, 0.717) is 22.2 Å². The van der Waals surface area contributed by atoms with Crippen molar-refractivity contribution in [2.75, 3.05) is 0 Å². The minimum atomic E-state index is -0.0881. The molecule has 0 saturated carbocycles. The van der Waals surface area contributed by atoms with Gasteiger partial charge in [-0.25, -0.2) is 0 Å². The van der Waals surface area contributed by atoms with Gasteiger partial charge in [-0.15, -0.1) is 0 Å². The molecule has 2 aromatic carbocycles. The van der Waals surface area contributed by atoms with E-state index in [1.54, 1.807) is 12.1 Å². The minimum Gasteiger partial charge on any atom is -0.506 e. The third-order valence-corrected chi connectivity index (χ3v) is 4.20. The maximum absolute atomic E-state index is 9.97. The number of phenolic OH excluding ortho intramolecular Hbond substituents is 2. The van der Waals surface area contributed by atoms with E-state index in [-0.39, 0.29) is 16.5 Å². The van der Waals surface area contributed by atoms with Gasteiger partial charge in [-0.1, -0.05) is 49.5 Å². The van der Waals surface area contributed by atoms with E-state index in [9.17, 15) is 10.2 Å². The molecular weight excluding hydrogens is 333 g/mol. The Labute approximate surface area is 146 Å². The summed E-state index contributed by atoms with van der Waals surface area (Å²) >= 11 is 11.8. The number of aliphatic imine (C=N–C) groups is 1. The second kappa shape index (κ2) is 7.71. The molecular formula is C18H19Cl2NO2. The monoisotopic (exact) mass is 351 g/mol. The van der Waals surface area contributed by atoms with Crippen molar-refractivity contribution >= 4 is 35.1 Å². The molecule has 0 saturated heterocycles. The third-order valence-electron chi connectivity index (χ3n) is 3.69. The van der Waals surface area contributed by atoms with Crippen molar-refractivity contribution in [3.8, 4) is 11.5 Å². The quantitative estimate of drug-likeness (QED) is 0.643. The molecule has 0 bridgehead atoms. The lowest BCUT2D eigenvalue weighted by atomic mass is 9.96. The summed E-state index contributed by atoms with van der Waals surface area (Å²) < 4.78 is 0. The van der Waals surface area contributed by atoms with Crippen LogP contribution in [0.15, 0.2) is 35.3 Å². The molecule has 122 valence electrons. The highest BCUT2D eigenvalue weighted by atomic mass is 35.5. The molecule has 0 aliphatic rings. The molecule has 2 rings (SSSR count). The van der Waals surface area contributed by atoms with Crippen LogP contribution in [0.2, 0.25) is 10.0 Å². The number of phenols is 2. The Bertz CT molecular complexity index is 729. The summed E-state index contributed by atoms with van der Waals surface area (Å²) in [6, 6.07) is 8.42. The summed E-state index contributed by atoms with van der Waals surface area (Å²) in [7, 11) is 0. The van der Waals surface area contributed by atoms with E-state index < -0.39 is 0 Å². The minimum absolute atomic E-state index is 0.0845. The predicted octanol–water partition coefficient (Wildman–Crippen LogP) is 6.06. The zero-order valence-corrected chi connectivity index (χ0v) is 14.6. The fourth-order valence-electron chi connectivity index (χ4n) is 2.37. The Morgan fingerprint density at radius 2 is 1.91 bits per heavy atom. The van der Waals surface area contributed by atoms with Gasteiger partial charge in [0.25, 0.3) is 0 Å².